The SMILES string of the molecule is CCCCN(CCC(=O)Nc1cccc(C)c1)C(C)=O. The maximum absolute atomic E-state index is 11.9. The maximum Gasteiger partial charge on any atom is 0.226 e. The average Bonchev–Trinajstić information content (AvgIpc) is 2.38. The zero-order valence-corrected chi connectivity index (χ0v) is 12.6. The highest BCUT2D eigenvalue weighted by Gasteiger charge is 2.10. The summed E-state index contributed by atoms with van der Waals surface area (Å²) in [5.74, 6) is -0.0276. The van der Waals surface area contributed by atoms with E-state index in [9.17, 15) is 9.59 Å². The summed E-state index contributed by atoms with van der Waals surface area (Å²) in [5.41, 5.74) is 1.91. The molecule has 0 saturated heterocycles. The van der Waals surface area contributed by atoms with Crippen LogP contribution in [0, 0.1) is 6.92 Å². The van der Waals surface area contributed by atoms with Gasteiger partial charge in [0, 0.05) is 32.1 Å². The molecule has 0 unspecified atom stereocenters. The molecule has 0 fully saturated rings. The molecule has 0 saturated carbocycles. The van der Waals surface area contributed by atoms with Gasteiger partial charge in [0.1, 0.15) is 0 Å². The zero-order chi connectivity index (χ0) is 15.0. The number of rotatable bonds is 7. The Kier molecular flexibility index (Phi) is 6.77. The summed E-state index contributed by atoms with van der Waals surface area (Å²) < 4.78 is 0. The van der Waals surface area contributed by atoms with Crippen LogP contribution >= 0.6 is 0 Å². The number of aryl methyl sites for hydroxylation is 1. The summed E-state index contributed by atoms with van der Waals surface area (Å²) in [7, 11) is 0. The van der Waals surface area contributed by atoms with E-state index in [1.165, 1.54) is 0 Å². The molecule has 1 rings (SSSR count). The first kappa shape index (κ1) is 16.2. The fraction of sp³-hybridized carbons (Fsp3) is 0.500. The Bertz CT molecular complexity index is 458. The van der Waals surface area contributed by atoms with E-state index in [-0.39, 0.29) is 11.8 Å². The highest BCUT2D eigenvalue weighted by atomic mass is 16.2. The van der Waals surface area contributed by atoms with Crippen molar-refractivity contribution >= 4 is 17.5 Å². The van der Waals surface area contributed by atoms with Gasteiger partial charge in [0.2, 0.25) is 11.8 Å². The number of benzene rings is 1. The van der Waals surface area contributed by atoms with Crippen LogP contribution in [0.3, 0.4) is 0 Å². The van der Waals surface area contributed by atoms with Gasteiger partial charge in [0.15, 0.2) is 0 Å². The van der Waals surface area contributed by atoms with Crippen LogP contribution in [0.1, 0.15) is 38.7 Å². The molecule has 4 nitrogen and oxygen atoms in total. The molecule has 0 aliphatic carbocycles. The topological polar surface area (TPSA) is 49.4 Å². The zero-order valence-electron chi connectivity index (χ0n) is 12.6. The summed E-state index contributed by atoms with van der Waals surface area (Å²) >= 11 is 0. The number of nitrogens with zero attached hydrogens (tertiary/aromatic N) is 1. The molecule has 0 spiro atoms. The molecule has 110 valence electrons. The van der Waals surface area contributed by atoms with Gasteiger partial charge >= 0.3 is 0 Å². The van der Waals surface area contributed by atoms with Gasteiger partial charge in [-0.05, 0) is 31.0 Å². The third-order valence-corrected chi connectivity index (χ3v) is 3.14. The van der Waals surface area contributed by atoms with Crippen molar-refractivity contribution in [1.29, 1.82) is 0 Å². The van der Waals surface area contributed by atoms with Crippen molar-refractivity contribution < 1.29 is 9.59 Å². The van der Waals surface area contributed by atoms with Gasteiger partial charge in [0.25, 0.3) is 0 Å². The Balaban J connectivity index is 2.43. The molecule has 0 aromatic heterocycles. The first-order valence-corrected chi connectivity index (χ1v) is 7.15. The summed E-state index contributed by atoms with van der Waals surface area (Å²) in [5, 5.41) is 2.86. The highest BCUT2D eigenvalue weighted by Crippen LogP contribution is 2.10. The van der Waals surface area contributed by atoms with Crippen LogP contribution in [-0.4, -0.2) is 29.8 Å². The van der Waals surface area contributed by atoms with Crippen LogP contribution < -0.4 is 5.32 Å². The lowest BCUT2D eigenvalue weighted by molar-refractivity contribution is -0.129. The van der Waals surface area contributed by atoms with E-state index < -0.39 is 0 Å². The number of amides is 2. The van der Waals surface area contributed by atoms with E-state index in [0.29, 0.717) is 13.0 Å². The summed E-state index contributed by atoms with van der Waals surface area (Å²) in [6.07, 6.45) is 2.34. The minimum Gasteiger partial charge on any atom is -0.342 e. The Morgan fingerprint density at radius 3 is 2.60 bits per heavy atom. The molecule has 2 amide bonds. The molecule has 0 heterocycles. The van der Waals surface area contributed by atoms with Gasteiger partial charge in [-0.25, -0.2) is 0 Å². The van der Waals surface area contributed by atoms with Crippen molar-refractivity contribution in [3.63, 3.8) is 0 Å². The van der Waals surface area contributed by atoms with Crippen LogP contribution in [-0.2, 0) is 9.59 Å². The van der Waals surface area contributed by atoms with Gasteiger partial charge in [-0.3, -0.25) is 9.59 Å². The Morgan fingerprint density at radius 2 is 2.00 bits per heavy atom. The first-order valence-electron chi connectivity index (χ1n) is 7.15. The molecule has 1 N–H and O–H groups in total. The Labute approximate surface area is 121 Å². The normalized spacial score (nSPS) is 10.2. The summed E-state index contributed by atoms with van der Waals surface area (Å²) in [6, 6.07) is 7.69. The van der Waals surface area contributed by atoms with Crippen molar-refractivity contribution in [1.82, 2.24) is 4.90 Å². The van der Waals surface area contributed by atoms with Gasteiger partial charge in [-0.15, -0.1) is 0 Å². The second-order valence-electron chi connectivity index (χ2n) is 5.03. The van der Waals surface area contributed by atoms with Crippen molar-refractivity contribution in [3.05, 3.63) is 29.8 Å². The number of carbonyl (C=O) groups is 2. The molecular weight excluding hydrogens is 252 g/mol. The smallest absolute Gasteiger partial charge is 0.226 e. The predicted molar refractivity (Wildman–Crippen MR) is 81.6 cm³/mol. The molecule has 4 heteroatoms. The Hall–Kier alpha value is -1.84. The van der Waals surface area contributed by atoms with Gasteiger partial charge in [0.05, 0.1) is 0 Å². The lowest BCUT2D eigenvalue weighted by Crippen LogP contribution is -2.32. The number of carbonyl (C=O) groups excluding carboxylic acids is 2. The third kappa shape index (κ3) is 5.87. The van der Waals surface area contributed by atoms with Crippen molar-refractivity contribution in [2.45, 2.75) is 40.0 Å². The van der Waals surface area contributed by atoms with Crippen LogP contribution in [0.4, 0.5) is 5.69 Å². The van der Waals surface area contributed by atoms with Gasteiger partial charge in [-0.2, -0.15) is 0 Å². The van der Waals surface area contributed by atoms with Crippen molar-refractivity contribution in [2.24, 2.45) is 0 Å². The summed E-state index contributed by atoms with van der Waals surface area (Å²) in [6.45, 7) is 6.82. The number of anilines is 1. The molecule has 0 atom stereocenters. The number of nitrogens with one attached hydrogen (secondary N) is 1. The van der Waals surface area contributed by atoms with Gasteiger partial charge < -0.3 is 10.2 Å². The monoisotopic (exact) mass is 276 g/mol. The third-order valence-electron chi connectivity index (χ3n) is 3.14. The molecule has 0 aliphatic heterocycles. The molecule has 20 heavy (non-hydrogen) atoms. The van der Waals surface area contributed by atoms with E-state index in [1.54, 1.807) is 11.8 Å². The standard InChI is InChI=1S/C16H24N2O2/c1-4-5-10-18(14(3)19)11-9-16(20)17-15-8-6-7-13(2)12-15/h6-8,12H,4-5,9-11H2,1-3H3,(H,17,20). The van der Waals surface area contributed by atoms with Crippen LogP contribution in [0.25, 0.3) is 0 Å². The van der Waals surface area contributed by atoms with Crippen LogP contribution in [0.15, 0.2) is 24.3 Å². The predicted octanol–water partition coefficient (Wildman–Crippen LogP) is 2.97. The molecule has 0 aliphatic rings. The first-order chi connectivity index (χ1) is 9.52. The lowest BCUT2D eigenvalue weighted by Gasteiger charge is -2.20. The van der Waals surface area contributed by atoms with Crippen LogP contribution in [0.2, 0.25) is 0 Å². The minimum absolute atomic E-state index is 0.0294. The second-order valence-corrected chi connectivity index (χ2v) is 5.03. The van der Waals surface area contributed by atoms with Crippen molar-refractivity contribution in [2.75, 3.05) is 18.4 Å². The van der Waals surface area contributed by atoms with E-state index in [1.807, 2.05) is 31.2 Å². The van der Waals surface area contributed by atoms with E-state index in [0.717, 1.165) is 30.6 Å². The largest absolute Gasteiger partial charge is 0.342 e. The van der Waals surface area contributed by atoms with E-state index >= 15 is 0 Å². The highest BCUT2D eigenvalue weighted by molar-refractivity contribution is 5.91. The molecule has 0 bridgehead atoms. The number of hydrogen-bond donors (Lipinski definition) is 1. The maximum atomic E-state index is 11.9. The molecular formula is C16H24N2O2. The lowest BCUT2D eigenvalue weighted by atomic mass is 10.2. The Morgan fingerprint density at radius 1 is 1.25 bits per heavy atom. The minimum atomic E-state index is -0.0571. The van der Waals surface area contributed by atoms with Gasteiger partial charge in [-0.1, -0.05) is 25.5 Å². The van der Waals surface area contributed by atoms with E-state index in [4.69, 9.17) is 0 Å². The number of unbranched alkanes of at least 4 members (excludes halogenated alkanes) is 1. The van der Waals surface area contributed by atoms with E-state index in [2.05, 4.69) is 12.2 Å². The fourth-order valence-corrected chi connectivity index (χ4v) is 1.96. The van der Waals surface area contributed by atoms with Crippen LogP contribution in [0.5, 0.6) is 0 Å². The fourth-order valence-electron chi connectivity index (χ4n) is 1.96. The quantitative estimate of drug-likeness (QED) is 0.832. The average molecular weight is 276 g/mol. The molecule has 0 radical (unpaired) electrons. The van der Waals surface area contributed by atoms with Crippen molar-refractivity contribution in [3.8, 4) is 0 Å². The molecule has 1 aromatic rings. The molecule has 1 aromatic carbocycles. The number of hydrogen-bond acceptors (Lipinski definition) is 2. The second kappa shape index (κ2) is 8.35. The summed E-state index contributed by atoms with van der Waals surface area (Å²) in [4.78, 5) is 25.1.